The third-order valence-corrected chi connectivity index (χ3v) is 3.06. The Hall–Kier alpha value is -1.86. The van der Waals surface area contributed by atoms with Gasteiger partial charge in [0.15, 0.2) is 5.76 Å². The fourth-order valence-electron chi connectivity index (χ4n) is 2.15. The van der Waals surface area contributed by atoms with E-state index in [1.165, 1.54) is 12.0 Å². The summed E-state index contributed by atoms with van der Waals surface area (Å²) in [6, 6.07) is 2.78. The van der Waals surface area contributed by atoms with Gasteiger partial charge in [0.1, 0.15) is 12.4 Å². The van der Waals surface area contributed by atoms with E-state index in [9.17, 15) is 9.59 Å². The van der Waals surface area contributed by atoms with Crippen molar-refractivity contribution in [2.24, 2.45) is 0 Å². The highest BCUT2D eigenvalue weighted by Gasteiger charge is 2.31. The fraction of sp³-hybridized carbons (Fsp3) is 0.538. The molecule has 1 aliphatic heterocycles. The molecule has 110 valence electrons. The van der Waals surface area contributed by atoms with Gasteiger partial charge < -0.3 is 23.9 Å². The van der Waals surface area contributed by atoms with Crippen molar-refractivity contribution in [2.45, 2.75) is 19.1 Å². The monoisotopic (exact) mass is 283 g/mol. The van der Waals surface area contributed by atoms with Crippen molar-refractivity contribution >= 4 is 11.9 Å². The van der Waals surface area contributed by atoms with E-state index < -0.39 is 12.0 Å². The number of furan rings is 1. The number of amides is 1. The van der Waals surface area contributed by atoms with Gasteiger partial charge in [-0.05, 0) is 12.1 Å². The summed E-state index contributed by atoms with van der Waals surface area (Å²) in [4.78, 5) is 24.7. The van der Waals surface area contributed by atoms with Crippen LogP contribution in [0.4, 0.5) is 0 Å². The molecule has 0 bridgehead atoms. The highest BCUT2D eigenvalue weighted by atomic mass is 16.5. The lowest BCUT2D eigenvalue weighted by Gasteiger charge is -2.34. The first-order valence-corrected chi connectivity index (χ1v) is 6.30. The van der Waals surface area contributed by atoms with Gasteiger partial charge in [-0.3, -0.25) is 9.59 Å². The van der Waals surface area contributed by atoms with Crippen LogP contribution in [0.2, 0.25) is 0 Å². The van der Waals surface area contributed by atoms with E-state index in [0.717, 1.165) is 0 Å². The van der Waals surface area contributed by atoms with E-state index >= 15 is 0 Å². The number of carbonyl (C=O) groups excluding carboxylic acids is 1. The molecule has 0 aliphatic carbocycles. The minimum Gasteiger partial charge on any atom is -0.481 e. The van der Waals surface area contributed by atoms with Crippen LogP contribution in [0.15, 0.2) is 16.5 Å². The summed E-state index contributed by atoms with van der Waals surface area (Å²) in [5.74, 6) is -0.534. The van der Waals surface area contributed by atoms with Gasteiger partial charge in [-0.1, -0.05) is 0 Å². The Balaban J connectivity index is 2.09. The molecule has 0 saturated carbocycles. The summed E-state index contributed by atoms with van der Waals surface area (Å²) in [6.45, 7) is 1.27. The van der Waals surface area contributed by atoms with Gasteiger partial charge in [-0.25, -0.2) is 0 Å². The number of carboxylic acid groups (broad SMARTS) is 1. The topological polar surface area (TPSA) is 89.2 Å². The van der Waals surface area contributed by atoms with Crippen molar-refractivity contribution in [1.29, 1.82) is 0 Å². The molecule has 1 atom stereocenters. The molecule has 20 heavy (non-hydrogen) atoms. The van der Waals surface area contributed by atoms with E-state index in [2.05, 4.69) is 0 Å². The maximum Gasteiger partial charge on any atom is 0.305 e. The molecule has 1 saturated heterocycles. The second kappa shape index (κ2) is 6.53. The van der Waals surface area contributed by atoms with Crippen molar-refractivity contribution < 1.29 is 28.6 Å². The Morgan fingerprint density at radius 2 is 2.30 bits per heavy atom. The van der Waals surface area contributed by atoms with Gasteiger partial charge in [-0.15, -0.1) is 0 Å². The normalized spacial score (nSPS) is 19.1. The maximum atomic E-state index is 12.4. The largest absolute Gasteiger partial charge is 0.481 e. The highest BCUT2D eigenvalue weighted by molar-refractivity contribution is 5.92. The van der Waals surface area contributed by atoms with E-state index in [0.29, 0.717) is 18.9 Å². The van der Waals surface area contributed by atoms with Gasteiger partial charge in [-0.2, -0.15) is 0 Å². The first kappa shape index (κ1) is 14.5. The number of carboxylic acids is 1. The Bertz CT molecular complexity index is 483. The Kier molecular flexibility index (Phi) is 4.75. The minimum absolute atomic E-state index is 0.141. The average Bonchev–Trinajstić information content (AvgIpc) is 2.87. The van der Waals surface area contributed by atoms with Crippen molar-refractivity contribution in [3.05, 3.63) is 23.7 Å². The summed E-state index contributed by atoms with van der Waals surface area (Å²) in [6.07, 6.45) is -0.141. The lowest BCUT2D eigenvalue weighted by atomic mass is 10.1. The van der Waals surface area contributed by atoms with Crippen LogP contribution in [0.3, 0.4) is 0 Å². The number of rotatable bonds is 5. The molecule has 7 heteroatoms. The molecule has 1 N–H and O–H groups in total. The quantitative estimate of drug-likeness (QED) is 0.857. The fourth-order valence-corrected chi connectivity index (χ4v) is 2.15. The molecule has 1 unspecified atom stereocenters. The van der Waals surface area contributed by atoms with E-state index in [1.54, 1.807) is 12.1 Å². The van der Waals surface area contributed by atoms with Crippen molar-refractivity contribution in [1.82, 2.24) is 4.90 Å². The minimum atomic E-state index is -0.960. The third kappa shape index (κ3) is 3.37. The number of aliphatic carboxylic acids is 1. The zero-order valence-electron chi connectivity index (χ0n) is 11.2. The van der Waals surface area contributed by atoms with Gasteiger partial charge >= 0.3 is 5.97 Å². The number of methoxy groups -OCH3 is 1. The molecule has 1 aromatic heterocycles. The summed E-state index contributed by atoms with van der Waals surface area (Å²) in [7, 11) is 1.54. The molecule has 0 aromatic carbocycles. The lowest BCUT2D eigenvalue weighted by Crippen LogP contribution is -2.49. The predicted molar refractivity (Wildman–Crippen MR) is 67.3 cm³/mol. The van der Waals surface area contributed by atoms with Crippen LogP contribution in [-0.2, 0) is 20.9 Å². The van der Waals surface area contributed by atoms with E-state index in [-0.39, 0.29) is 31.3 Å². The zero-order valence-corrected chi connectivity index (χ0v) is 11.2. The van der Waals surface area contributed by atoms with Crippen molar-refractivity contribution in [3.63, 3.8) is 0 Å². The van der Waals surface area contributed by atoms with Crippen LogP contribution >= 0.6 is 0 Å². The van der Waals surface area contributed by atoms with Gasteiger partial charge in [0.2, 0.25) is 0 Å². The summed E-state index contributed by atoms with van der Waals surface area (Å²) in [5, 5.41) is 8.88. The van der Waals surface area contributed by atoms with Crippen molar-refractivity contribution in [2.75, 3.05) is 26.9 Å². The molecular formula is C13H17NO6. The predicted octanol–water partition coefficient (Wildman–Crippen LogP) is 0.742. The maximum absolute atomic E-state index is 12.4. The van der Waals surface area contributed by atoms with Gasteiger partial charge in [0.25, 0.3) is 5.91 Å². The molecular weight excluding hydrogens is 266 g/mol. The first-order chi connectivity index (χ1) is 9.61. The molecule has 1 aromatic rings. The number of ether oxygens (including phenoxy) is 2. The molecule has 7 nitrogen and oxygen atoms in total. The van der Waals surface area contributed by atoms with Crippen LogP contribution in [0.25, 0.3) is 0 Å². The number of carbonyl (C=O) groups is 2. The molecule has 1 amide bonds. The Morgan fingerprint density at radius 1 is 1.50 bits per heavy atom. The van der Waals surface area contributed by atoms with Crippen LogP contribution in [0, 0.1) is 0 Å². The van der Waals surface area contributed by atoms with Crippen LogP contribution in [0.5, 0.6) is 0 Å². The molecule has 0 spiro atoms. The number of nitrogens with zero attached hydrogens (tertiary/aromatic N) is 1. The third-order valence-electron chi connectivity index (χ3n) is 3.06. The molecule has 1 aliphatic rings. The van der Waals surface area contributed by atoms with E-state index in [4.69, 9.17) is 19.0 Å². The summed E-state index contributed by atoms with van der Waals surface area (Å²) >= 11 is 0. The molecule has 2 heterocycles. The Morgan fingerprint density at radius 3 is 3.00 bits per heavy atom. The molecule has 0 radical (unpaired) electrons. The number of hydrogen-bond donors (Lipinski definition) is 1. The average molecular weight is 283 g/mol. The van der Waals surface area contributed by atoms with Crippen LogP contribution in [-0.4, -0.2) is 54.8 Å². The highest BCUT2D eigenvalue weighted by Crippen LogP contribution is 2.17. The van der Waals surface area contributed by atoms with Gasteiger partial charge in [0.05, 0.1) is 25.7 Å². The number of hydrogen-bond acceptors (Lipinski definition) is 5. The van der Waals surface area contributed by atoms with Crippen molar-refractivity contribution in [3.8, 4) is 0 Å². The standard InChI is InChI=1S/C13H17NO6/c1-18-8-10-2-3-11(20-10)13(17)14-4-5-19-7-9(14)6-12(15)16/h2-3,9H,4-8H2,1H3,(H,15,16). The van der Waals surface area contributed by atoms with Crippen LogP contribution < -0.4 is 0 Å². The van der Waals surface area contributed by atoms with Gasteiger partial charge in [0, 0.05) is 13.7 Å². The second-order valence-corrected chi connectivity index (χ2v) is 4.52. The SMILES string of the molecule is COCc1ccc(C(=O)N2CCOCC2CC(=O)O)o1. The first-order valence-electron chi connectivity index (χ1n) is 6.30. The number of morpholine rings is 1. The summed E-state index contributed by atoms with van der Waals surface area (Å²) < 4.78 is 15.5. The smallest absolute Gasteiger partial charge is 0.305 e. The second-order valence-electron chi connectivity index (χ2n) is 4.52. The van der Waals surface area contributed by atoms with Crippen LogP contribution in [0.1, 0.15) is 22.7 Å². The van der Waals surface area contributed by atoms with E-state index in [1.807, 2.05) is 0 Å². The molecule has 1 fully saturated rings. The summed E-state index contributed by atoms with van der Waals surface area (Å²) in [5.41, 5.74) is 0. The zero-order chi connectivity index (χ0) is 14.5. The molecule has 2 rings (SSSR count). The lowest BCUT2D eigenvalue weighted by molar-refractivity contribution is -0.139. The Labute approximate surface area is 116 Å².